The number of hydrogen-bond donors (Lipinski definition) is 2. The second kappa shape index (κ2) is 5.82. The summed E-state index contributed by atoms with van der Waals surface area (Å²) >= 11 is 12.0. The van der Waals surface area contributed by atoms with Crippen molar-refractivity contribution in [2.24, 2.45) is 11.8 Å². The lowest BCUT2D eigenvalue weighted by molar-refractivity contribution is 0.113. The maximum Gasteiger partial charge on any atom is 0.0931 e. The lowest BCUT2D eigenvalue weighted by Gasteiger charge is -2.22. The molecule has 0 bridgehead atoms. The fourth-order valence-corrected chi connectivity index (χ4v) is 4.16. The predicted molar refractivity (Wildman–Crippen MR) is 80.1 cm³/mol. The summed E-state index contributed by atoms with van der Waals surface area (Å²) in [5.41, 5.74) is 0.730. The Balaban J connectivity index is 1.61. The molecule has 1 aliphatic heterocycles. The normalized spacial score (nSPS) is 31.5. The predicted octanol–water partition coefficient (Wildman–Crippen LogP) is 2.73. The van der Waals surface area contributed by atoms with E-state index in [-0.39, 0.29) is 6.10 Å². The van der Waals surface area contributed by atoms with Crippen molar-refractivity contribution in [3.63, 3.8) is 0 Å². The molecule has 1 aromatic carbocycles. The van der Waals surface area contributed by atoms with Crippen LogP contribution < -0.4 is 0 Å². The molecule has 5 heteroatoms. The van der Waals surface area contributed by atoms with Gasteiger partial charge in [0, 0.05) is 35.2 Å². The second-order valence-corrected chi connectivity index (χ2v) is 6.89. The van der Waals surface area contributed by atoms with Gasteiger partial charge in [-0.3, -0.25) is 4.90 Å². The van der Waals surface area contributed by atoms with Gasteiger partial charge < -0.3 is 10.2 Å². The highest BCUT2D eigenvalue weighted by Crippen LogP contribution is 2.38. The van der Waals surface area contributed by atoms with E-state index in [4.69, 9.17) is 23.2 Å². The lowest BCUT2D eigenvalue weighted by atomic mass is 10.0. The van der Waals surface area contributed by atoms with Crippen LogP contribution in [0.15, 0.2) is 18.2 Å². The number of likely N-dealkylation sites (tertiary alicyclic amines) is 1. The zero-order valence-electron chi connectivity index (χ0n) is 11.2. The molecular formula is C15H19Cl2NO2. The van der Waals surface area contributed by atoms with Crippen molar-refractivity contribution in [3.05, 3.63) is 33.8 Å². The molecule has 0 aromatic heterocycles. The van der Waals surface area contributed by atoms with Crippen LogP contribution in [0.3, 0.4) is 0 Å². The minimum absolute atomic E-state index is 0.122. The van der Waals surface area contributed by atoms with Gasteiger partial charge in [0.05, 0.1) is 12.2 Å². The first-order valence-corrected chi connectivity index (χ1v) is 7.82. The van der Waals surface area contributed by atoms with Crippen LogP contribution in [-0.2, 0) is 0 Å². The van der Waals surface area contributed by atoms with Crippen molar-refractivity contribution in [1.29, 1.82) is 0 Å². The molecule has 20 heavy (non-hydrogen) atoms. The van der Waals surface area contributed by atoms with Crippen LogP contribution in [0.4, 0.5) is 0 Å². The van der Waals surface area contributed by atoms with Crippen LogP contribution in [0, 0.1) is 11.8 Å². The molecule has 1 heterocycles. The monoisotopic (exact) mass is 315 g/mol. The summed E-state index contributed by atoms with van der Waals surface area (Å²) in [7, 11) is 0. The van der Waals surface area contributed by atoms with Gasteiger partial charge in [0.25, 0.3) is 0 Å². The zero-order valence-corrected chi connectivity index (χ0v) is 12.7. The molecule has 1 aliphatic carbocycles. The molecule has 2 unspecified atom stereocenters. The molecule has 0 spiro atoms. The van der Waals surface area contributed by atoms with Gasteiger partial charge in [-0.05, 0) is 36.8 Å². The number of halogens is 2. The third-order valence-electron chi connectivity index (χ3n) is 4.55. The van der Waals surface area contributed by atoms with E-state index < -0.39 is 6.10 Å². The molecule has 1 saturated heterocycles. The van der Waals surface area contributed by atoms with Crippen molar-refractivity contribution in [2.45, 2.75) is 25.0 Å². The minimum atomic E-state index is -0.594. The van der Waals surface area contributed by atoms with Crippen molar-refractivity contribution in [3.8, 4) is 0 Å². The summed E-state index contributed by atoms with van der Waals surface area (Å²) in [6, 6.07) is 5.20. The zero-order chi connectivity index (χ0) is 14.3. The maximum absolute atomic E-state index is 10.3. The smallest absolute Gasteiger partial charge is 0.0931 e. The summed E-state index contributed by atoms with van der Waals surface area (Å²) in [5, 5.41) is 21.1. The Morgan fingerprint density at radius 3 is 2.45 bits per heavy atom. The SMILES string of the molecule is OC1C[C@@H]2CN(CC(O)c3ccc(Cl)cc3Cl)C[C@@H]2C1. The first kappa shape index (κ1) is 14.6. The van der Waals surface area contributed by atoms with E-state index in [1.54, 1.807) is 18.2 Å². The van der Waals surface area contributed by atoms with Gasteiger partial charge >= 0.3 is 0 Å². The fraction of sp³-hybridized carbons (Fsp3) is 0.600. The van der Waals surface area contributed by atoms with E-state index in [1.165, 1.54) is 0 Å². The first-order valence-electron chi connectivity index (χ1n) is 7.06. The first-order chi connectivity index (χ1) is 9.52. The molecule has 2 aliphatic rings. The summed E-state index contributed by atoms with van der Waals surface area (Å²) < 4.78 is 0. The summed E-state index contributed by atoms with van der Waals surface area (Å²) in [5.74, 6) is 1.16. The van der Waals surface area contributed by atoms with Crippen LogP contribution >= 0.6 is 23.2 Å². The van der Waals surface area contributed by atoms with Crippen molar-refractivity contribution < 1.29 is 10.2 Å². The van der Waals surface area contributed by atoms with E-state index >= 15 is 0 Å². The van der Waals surface area contributed by atoms with Crippen molar-refractivity contribution >= 4 is 23.2 Å². The number of aliphatic hydroxyl groups is 2. The highest BCUT2D eigenvalue weighted by atomic mass is 35.5. The molecule has 3 nitrogen and oxygen atoms in total. The summed E-state index contributed by atoms with van der Waals surface area (Å²) in [4.78, 5) is 2.27. The quantitative estimate of drug-likeness (QED) is 0.901. The number of fused-ring (bicyclic) bond motifs is 1. The molecule has 1 aromatic rings. The van der Waals surface area contributed by atoms with E-state index in [0.29, 0.717) is 28.4 Å². The van der Waals surface area contributed by atoms with Gasteiger partial charge in [0.2, 0.25) is 0 Å². The van der Waals surface area contributed by atoms with Crippen LogP contribution in [0.1, 0.15) is 24.5 Å². The van der Waals surface area contributed by atoms with Gasteiger partial charge in [0.1, 0.15) is 0 Å². The Kier molecular flexibility index (Phi) is 4.25. The number of β-amino-alcohol motifs (C(OH)–C–C–N with tert-alkyl or cyclic N) is 1. The van der Waals surface area contributed by atoms with E-state index in [9.17, 15) is 10.2 Å². The van der Waals surface area contributed by atoms with Crippen molar-refractivity contribution in [1.82, 2.24) is 4.90 Å². The third-order valence-corrected chi connectivity index (χ3v) is 5.12. The largest absolute Gasteiger partial charge is 0.393 e. The standard InChI is InChI=1S/C15H19Cl2NO2/c16-11-1-2-13(14(17)5-11)15(20)8-18-6-9-3-12(19)4-10(9)7-18/h1-2,5,9-10,12,15,19-20H,3-4,6-8H2/t9-,10+,12?,15?. The maximum atomic E-state index is 10.3. The van der Waals surface area contributed by atoms with Gasteiger partial charge in [-0.15, -0.1) is 0 Å². The number of nitrogens with zero attached hydrogens (tertiary/aromatic N) is 1. The third kappa shape index (κ3) is 2.97. The van der Waals surface area contributed by atoms with Crippen molar-refractivity contribution in [2.75, 3.05) is 19.6 Å². The van der Waals surface area contributed by atoms with Gasteiger partial charge in [-0.2, -0.15) is 0 Å². The average molecular weight is 316 g/mol. The molecule has 1 saturated carbocycles. The van der Waals surface area contributed by atoms with E-state index in [0.717, 1.165) is 31.5 Å². The highest BCUT2D eigenvalue weighted by molar-refractivity contribution is 6.35. The van der Waals surface area contributed by atoms with Gasteiger partial charge in [-0.25, -0.2) is 0 Å². The molecule has 0 radical (unpaired) electrons. The van der Waals surface area contributed by atoms with Gasteiger partial charge in [0.15, 0.2) is 0 Å². The van der Waals surface area contributed by atoms with Crippen LogP contribution in [0.2, 0.25) is 10.0 Å². The Morgan fingerprint density at radius 2 is 1.85 bits per heavy atom. The average Bonchev–Trinajstić information content (AvgIpc) is 2.85. The molecule has 3 rings (SSSR count). The number of rotatable bonds is 3. The molecular weight excluding hydrogens is 297 g/mol. The van der Waals surface area contributed by atoms with Crippen LogP contribution in [0.25, 0.3) is 0 Å². The van der Waals surface area contributed by atoms with Gasteiger partial charge in [-0.1, -0.05) is 29.3 Å². The summed E-state index contributed by atoms with van der Waals surface area (Å²) in [6.07, 6.45) is 1.09. The Labute approximate surface area is 129 Å². The summed E-state index contributed by atoms with van der Waals surface area (Å²) in [6.45, 7) is 2.51. The second-order valence-electron chi connectivity index (χ2n) is 6.05. The number of benzene rings is 1. The van der Waals surface area contributed by atoms with Crippen LogP contribution in [-0.4, -0.2) is 40.9 Å². The fourth-order valence-electron chi connectivity index (χ4n) is 3.63. The molecule has 0 amide bonds. The molecule has 2 N–H and O–H groups in total. The lowest BCUT2D eigenvalue weighted by Crippen LogP contribution is -2.28. The molecule has 110 valence electrons. The number of aliphatic hydroxyl groups excluding tert-OH is 2. The Hall–Kier alpha value is -0.320. The minimum Gasteiger partial charge on any atom is -0.393 e. The van der Waals surface area contributed by atoms with Crippen LogP contribution in [0.5, 0.6) is 0 Å². The van der Waals surface area contributed by atoms with E-state index in [1.807, 2.05) is 0 Å². The number of hydrogen-bond acceptors (Lipinski definition) is 3. The Bertz CT molecular complexity index is 483. The Morgan fingerprint density at radius 1 is 1.20 bits per heavy atom. The molecule has 2 fully saturated rings. The highest BCUT2D eigenvalue weighted by Gasteiger charge is 2.40. The van der Waals surface area contributed by atoms with E-state index in [2.05, 4.69) is 4.90 Å². The molecule has 4 atom stereocenters. The topological polar surface area (TPSA) is 43.7 Å².